The lowest BCUT2D eigenvalue weighted by Crippen LogP contribution is -2.18. The molecule has 18 heavy (non-hydrogen) atoms. The number of hydrogen-bond acceptors (Lipinski definition) is 3. The van der Waals surface area contributed by atoms with Gasteiger partial charge < -0.3 is 5.11 Å². The fraction of sp³-hybridized carbons (Fsp3) is 0.571. The lowest BCUT2D eigenvalue weighted by Gasteiger charge is -2.25. The molecular formula is C14H21NO3. The van der Waals surface area contributed by atoms with Gasteiger partial charge in [0.05, 0.1) is 12.3 Å². The zero-order valence-electron chi connectivity index (χ0n) is 22.8. The van der Waals surface area contributed by atoms with Crippen molar-refractivity contribution in [3.63, 3.8) is 0 Å². The maximum atomic E-state index is 11.6. The quantitative estimate of drug-likeness (QED) is 0.618. The molecule has 0 saturated heterocycles. The Labute approximate surface area is 126 Å². The molecule has 0 aliphatic rings. The standard InChI is InChI=1S/C14H21NO3/c1-13(2,3)9-7-10(14(4,5)6)12(16)8-11(9)15(17)18/h7-8,16H,1-6H3/i1D3,4D3,5D3,6D3,8D. The Morgan fingerprint density at radius 1 is 1.28 bits per heavy atom. The van der Waals surface area contributed by atoms with Gasteiger partial charge in [0.1, 0.15) is 5.75 Å². The summed E-state index contributed by atoms with van der Waals surface area (Å²) in [4.78, 5) is 10.4. The molecule has 0 fully saturated rings. The van der Waals surface area contributed by atoms with Crippen LogP contribution in [0.3, 0.4) is 0 Å². The molecule has 0 atom stereocenters. The smallest absolute Gasteiger partial charge is 0.276 e. The van der Waals surface area contributed by atoms with E-state index in [0.717, 1.165) is 13.8 Å². The summed E-state index contributed by atoms with van der Waals surface area (Å²) in [6.45, 7) is -12.4. The molecule has 0 aromatic heterocycles. The topological polar surface area (TPSA) is 63.4 Å². The monoisotopic (exact) mass is 264 g/mol. The highest BCUT2D eigenvalue weighted by molar-refractivity contribution is 5.54. The van der Waals surface area contributed by atoms with Crippen LogP contribution in [0.25, 0.3) is 0 Å². The van der Waals surface area contributed by atoms with Crippen molar-refractivity contribution in [1.82, 2.24) is 0 Å². The van der Waals surface area contributed by atoms with Gasteiger partial charge in [-0.15, -0.1) is 0 Å². The highest BCUT2D eigenvalue weighted by Gasteiger charge is 2.29. The highest BCUT2D eigenvalue weighted by Crippen LogP contribution is 2.40. The first-order chi connectivity index (χ1) is 13.4. The van der Waals surface area contributed by atoms with E-state index in [1.165, 1.54) is 0 Å². The summed E-state index contributed by atoms with van der Waals surface area (Å²) in [6, 6.07) is -0.986. The molecule has 1 aromatic rings. The number of phenolic OH excluding ortho intramolecular Hbond substituents is 1. The fourth-order valence-electron chi connectivity index (χ4n) is 1.43. The molecule has 0 amide bonds. The average Bonchev–Trinajstić information content (AvgIpc) is 2.45. The lowest BCUT2D eigenvalue weighted by atomic mass is 9.79. The van der Waals surface area contributed by atoms with Crippen LogP contribution in [-0.2, 0) is 10.8 Å². The van der Waals surface area contributed by atoms with Gasteiger partial charge in [-0.3, -0.25) is 10.1 Å². The second-order valence-electron chi connectivity index (χ2n) is 4.43. The zero-order chi connectivity index (χ0) is 25.2. The lowest BCUT2D eigenvalue weighted by molar-refractivity contribution is -0.386. The predicted molar refractivity (Wildman–Crippen MR) is 72.2 cm³/mol. The molecule has 0 saturated carbocycles. The number of nitrogens with zero attached hydrogens (tertiary/aromatic N) is 1. The van der Waals surface area contributed by atoms with Crippen molar-refractivity contribution in [2.24, 2.45) is 0 Å². The SMILES string of the molecule is [2H]c1c(O)c(C(C([2H])([2H])[2H])(C([2H])([2H])[2H])C([2H])([2H])[2H])cc(C(C)(C)C([2H])([2H])[2H])c1[N+](=O)[O-]. The molecule has 0 unspecified atom stereocenters. The van der Waals surface area contributed by atoms with Crippen LogP contribution in [0.15, 0.2) is 12.1 Å². The largest absolute Gasteiger partial charge is 0.507 e. The maximum absolute atomic E-state index is 11.6. The summed E-state index contributed by atoms with van der Waals surface area (Å²) < 4.78 is 101. The van der Waals surface area contributed by atoms with E-state index in [0.29, 0.717) is 6.07 Å². The molecule has 0 heterocycles. The average molecular weight is 264 g/mol. The second-order valence-corrected chi connectivity index (χ2v) is 4.43. The Kier molecular flexibility index (Phi) is 1.07. The molecule has 0 aliphatic carbocycles. The first-order valence-electron chi connectivity index (χ1n) is 11.4. The van der Waals surface area contributed by atoms with Gasteiger partial charge in [-0.25, -0.2) is 0 Å². The maximum Gasteiger partial charge on any atom is 0.276 e. The minimum absolute atomic E-state index is 0.406. The van der Waals surface area contributed by atoms with Crippen molar-refractivity contribution in [3.8, 4) is 5.75 Å². The number of aromatic hydroxyl groups is 1. The summed E-state index contributed by atoms with van der Waals surface area (Å²) in [5.41, 5.74) is -9.26. The van der Waals surface area contributed by atoms with E-state index in [1.54, 1.807) is 0 Å². The Morgan fingerprint density at radius 2 is 1.83 bits per heavy atom. The van der Waals surface area contributed by atoms with Gasteiger partial charge in [0.15, 0.2) is 0 Å². The van der Waals surface area contributed by atoms with Crippen molar-refractivity contribution in [2.45, 2.75) is 52.1 Å². The molecule has 100 valence electrons. The van der Waals surface area contributed by atoms with Gasteiger partial charge in [-0.1, -0.05) is 41.3 Å². The number of nitro groups is 1. The van der Waals surface area contributed by atoms with E-state index in [4.69, 9.17) is 17.8 Å². The number of hydrogen-bond donors (Lipinski definition) is 1. The van der Waals surface area contributed by atoms with E-state index in [2.05, 4.69) is 0 Å². The van der Waals surface area contributed by atoms with Crippen LogP contribution in [0.4, 0.5) is 5.69 Å². The van der Waals surface area contributed by atoms with Crippen LogP contribution < -0.4 is 0 Å². The molecule has 1 N–H and O–H groups in total. The minimum Gasteiger partial charge on any atom is -0.507 e. The van der Waals surface area contributed by atoms with Gasteiger partial charge in [-0.2, -0.15) is 0 Å². The summed E-state index contributed by atoms with van der Waals surface area (Å²) in [6.07, 6.45) is 0. The van der Waals surface area contributed by atoms with Crippen LogP contribution in [0.5, 0.6) is 5.75 Å². The van der Waals surface area contributed by atoms with Crippen molar-refractivity contribution < 1.29 is 27.8 Å². The van der Waals surface area contributed by atoms with E-state index < -0.39 is 71.8 Å². The fourth-order valence-corrected chi connectivity index (χ4v) is 1.43. The van der Waals surface area contributed by atoms with E-state index in [-0.39, 0.29) is 0 Å². The highest BCUT2D eigenvalue weighted by atomic mass is 16.6. The van der Waals surface area contributed by atoms with Crippen molar-refractivity contribution in [3.05, 3.63) is 33.4 Å². The molecule has 4 nitrogen and oxygen atoms in total. The molecule has 0 radical (unpaired) electrons. The number of benzene rings is 1. The Bertz CT molecular complexity index is 842. The number of rotatable bonds is 1. The molecule has 0 aliphatic heterocycles. The molecule has 1 aromatic carbocycles. The van der Waals surface area contributed by atoms with Crippen LogP contribution >= 0.6 is 0 Å². The third-order valence-corrected chi connectivity index (χ3v) is 2.30. The summed E-state index contributed by atoms with van der Waals surface area (Å²) in [7, 11) is 0. The summed E-state index contributed by atoms with van der Waals surface area (Å²) >= 11 is 0. The molecule has 4 heteroatoms. The van der Waals surface area contributed by atoms with Crippen molar-refractivity contribution in [1.29, 1.82) is 0 Å². The molecule has 1 rings (SSSR count). The molecule has 0 spiro atoms. The predicted octanol–water partition coefficient (Wildman–Crippen LogP) is 3.90. The molecule has 0 bridgehead atoms. The van der Waals surface area contributed by atoms with Crippen LogP contribution in [-0.4, -0.2) is 10.0 Å². The summed E-state index contributed by atoms with van der Waals surface area (Å²) in [5.74, 6) is -1.54. The summed E-state index contributed by atoms with van der Waals surface area (Å²) in [5, 5.41) is 22.0. The number of phenols is 1. The van der Waals surface area contributed by atoms with Crippen molar-refractivity contribution in [2.75, 3.05) is 0 Å². The van der Waals surface area contributed by atoms with E-state index in [1.807, 2.05) is 0 Å². The Morgan fingerprint density at radius 3 is 2.28 bits per heavy atom. The third-order valence-electron chi connectivity index (χ3n) is 2.30. The molecular weight excluding hydrogens is 230 g/mol. The Hall–Kier alpha value is -1.58. The minimum atomic E-state index is -3.83. The first-order valence-corrected chi connectivity index (χ1v) is 4.89. The third kappa shape index (κ3) is 2.81. The first kappa shape index (κ1) is 4.51. The number of nitro benzene ring substituents is 1. The van der Waals surface area contributed by atoms with Gasteiger partial charge in [-0.05, 0) is 16.9 Å². The van der Waals surface area contributed by atoms with Gasteiger partial charge in [0.2, 0.25) is 0 Å². The zero-order valence-corrected chi connectivity index (χ0v) is 9.79. The Balaban J connectivity index is 4.47. The van der Waals surface area contributed by atoms with Gasteiger partial charge in [0, 0.05) is 27.6 Å². The van der Waals surface area contributed by atoms with E-state index in [9.17, 15) is 15.2 Å². The van der Waals surface area contributed by atoms with Gasteiger partial charge in [0.25, 0.3) is 5.69 Å². The van der Waals surface area contributed by atoms with Crippen molar-refractivity contribution >= 4 is 5.69 Å². The van der Waals surface area contributed by atoms with Crippen LogP contribution in [0.2, 0.25) is 0 Å². The van der Waals surface area contributed by atoms with E-state index >= 15 is 0 Å². The van der Waals surface area contributed by atoms with Crippen LogP contribution in [0, 0.1) is 10.1 Å². The van der Waals surface area contributed by atoms with Crippen LogP contribution in [0.1, 0.15) is 70.2 Å². The normalized spacial score (nSPS) is 26.0. The second kappa shape index (κ2) is 4.26. The van der Waals surface area contributed by atoms with Gasteiger partial charge >= 0.3 is 0 Å².